The highest BCUT2D eigenvalue weighted by atomic mass is 19.4. The van der Waals surface area contributed by atoms with Crippen LogP contribution in [-0.4, -0.2) is 35.3 Å². The van der Waals surface area contributed by atoms with E-state index in [0.717, 1.165) is 24.4 Å². The predicted molar refractivity (Wildman–Crippen MR) is 108 cm³/mol. The maximum atomic E-state index is 13.2. The summed E-state index contributed by atoms with van der Waals surface area (Å²) in [7, 11) is 0. The van der Waals surface area contributed by atoms with Gasteiger partial charge in [0.05, 0.1) is 12.1 Å². The lowest BCUT2D eigenvalue weighted by atomic mass is 10.0. The van der Waals surface area contributed by atoms with E-state index in [4.69, 9.17) is 4.74 Å². The van der Waals surface area contributed by atoms with Crippen LogP contribution in [0.15, 0.2) is 60.8 Å². The number of halogens is 6. The zero-order valence-corrected chi connectivity index (χ0v) is 17.3. The number of benzene rings is 2. The first-order valence-corrected chi connectivity index (χ1v) is 9.94. The van der Waals surface area contributed by atoms with E-state index >= 15 is 0 Å². The number of carbonyl (C=O) groups is 1. The summed E-state index contributed by atoms with van der Waals surface area (Å²) in [4.78, 5) is 18.0. The van der Waals surface area contributed by atoms with E-state index < -0.39 is 24.1 Å². The summed E-state index contributed by atoms with van der Waals surface area (Å²) in [6.07, 6.45) is -8.29. The Hall–Kier alpha value is -3.76. The van der Waals surface area contributed by atoms with E-state index in [9.17, 15) is 31.1 Å². The summed E-state index contributed by atoms with van der Waals surface area (Å²) in [5.74, 6) is -0.438. The molecule has 0 aliphatic carbocycles. The number of aromatic nitrogens is 1. The second-order valence-corrected chi connectivity index (χ2v) is 7.41. The molecule has 2 heterocycles. The topological polar surface area (TPSA) is 51.7 Å². The van der Waals surface area contributed by atoms with Gasteiger partial charge < -0.3 is 14.4 Å². The van der Waals surface area contributed by atoms with Gasteiger partial charge in [0, 0.05) is 12.7 Å². The highest BCUT2D eigenvalue weighted by Crippen LogP contribution is 2.32. The second-order valence-electron chi connectivity index (χ2n) is 7.41. The molecule has 34 heavy (non-hydrogen) atoms. The SMILES string of the molecule is O=C1c2cc(-c3ccc(OC(F)(F)F)cc3)ccc2OCCN1Cc1ccc(C(F)(F)F)nc1. The fraction of sp³-hybridized carbons (Fsp3) is 0.217. The van der Waals surface area contributed by atoms with Crippen molar-refractivity contribution in [3.05, 3.63) is 77.6 Å². The second kappa shape index (κ2) is 8.88. The first-order valence-electron chi connectivity index (χ1n) is 9.94. The summed E-state index contributed by atoms with van der Waals surface area (Å²) in [6.45, 7) is 0.406. The maximum absolute atomic E-state index is 13.2. The van der Waals surface area contributed by atoms with Crippen LogP contribution in [0.25, 0.3) is 11.1 Å². The van der Waals surface area contributed by atoms with E-state index in [1.165, 1.54) is 23.1 Å². The molecule has 0 unspecified atom stereocenters. The molecular formula is C23H16F6N2O3. The molecule has 1 aliphatic heterocycles. The molecule has 2 aromatic carbocycles. The number of amides is 1. The van der Waals surface area contributed by atoms with E-state index in [0.29, 0.717) is 22.4 Å². The smallest absolute Gasteiger partial charge is 0.491 e. The number of hydrogen-bond acceptors (Lipinski definition) is 4. The average Bonchev–Trinajstić information content (AvgIpc) is 2.92. The van der Waals surface area contributed by atoms with Crippen LogP contribution in [0.2, 0.25) is 0 Å². The number of fused-ring (bicyclic) bond motifs is 1. The van der Waals surface area contributed by atoms with Crippen molar-refractivity contribution in [2.45, 2.75) is 19.1 Å². The van der Waals surface area contributed by atoms with Crippen molar-refractivity contribution in [3.63, 3.8) is 0 Å². The standard InChI is InChI=1S/C23H16F6N2O3/c24-22(25,26)20-8-1-14(12-30-20)13-31-9-10-33-19-7-4-16(11-18(19)21(31)32)15-2-5-17(6-3-15)34-23(27,28)29/h1-8,11-12H,9-10,13H2. The van der Waals surface area contributed by atoms with Gasteiger partial charge in [0.1, 0.15) is 23.8 Å². The molecule has 1 aliphatic rings. The van der Waals surface area contributed by atoms with E-state index in [-0.39, 0.29) is 31.0 Å². The van der Waals surface area contributed by atoms with Crippen LogP contribution in [0.1, 0.15) is 21.6 Å². The number of rotatable bonds is 4. The molecular weight excluding hydrogens is 466 g/mol. The lowest BCUT2D eigenvalue weighted by molar-refractivity contribution is -0.274. The van der Waals surface area contributed by atoms with Crippen LogP contribution in [0.4, 0.5) is 26.3 Å². The summed E-state index contributed by atoms with van der Waals surface area (Å²) in [6, 6.07) is 12.1. The van der Waals surface area contributed by atoms with Crippen LogP contribution >= 0.6 is 0 Å². The lowest BCUT2D eigenvalue weighted by Gasteiger charge is -2.20. The Morgan fingerprint density at radius 1 is 0.941 bits per heavy atom. The van der Waals surface area contributed by atoms with Crippen LogP contribution in [0.5, 0.6) is 11.5 Å². The summed E-state index contributed by atoms with van der Waals surface area (Å²) in [5.41, 5.74) is 0.732. The number of nitrogens with zero attached hydrogens (tertiary/aromatic N) is 2. The Morgan fingerprint density at radius 2 is 1.65 bits per heavy atom. The molecule has 4 rings (SSSR count). The van der Waals surface area contributed by atoms with Gasteiger partial charge in [-0.25, -0.2) is 0 Å². The third-order valence-electron chi connectivity index (χ3n) is 5.03. The summed E-state index contributed by atoms with van der Waals surface area (Å²) >= 11 is 0. The molecule has 1 amide bonds. The van der Waals surface area contributed by atoms with Gasteiger partial charge in [0.25, 0.3) is 5.91 Å². The Balaban J connectivity index is 1.55. The fourth-order valence-corrected chi connectivity index (χ4v) is 3.45. The molecule has 5 nitrogen and oxygen atoms in total. The highest BCUT2D eigenvalue weighted by Gasteiger charge is 2.32. The molecule has 0 bridgehead atoms. The highest BCUT2D eigenvalue weighted by molar-refractivity contribution is 5.98. The number of hydrogen-bond donors (Lipinski definition) is 0. The van der Waals surface area contributed by atoms with Crippen LogP contribution < -0.4 is 9.47 Å². The number of ether oxygens (including phenoxy) is 2. The Kier molecular flexibility index (Phi) is 6.11. The van der Waals surface area contributed by atoms with Gasteiger partial charge >= 0.3 is 12.5 Å². The van der Waals surface area contributed by atoms with Crippen molar-refractivity contribution in [1.82, 2.24) is 9.88 Å². The zero-order valence-electron chi connectivity index (χ0n) is 17.3. The fourth-order valence-electron chi connectivity index (χ4n) is 3.45. The molecule has 178 valence electrons. The molecule has 0 saturated carbocycles. The van der Waals surface area contributed by atoms with Crippen molar-refractivity contribution >= 4 is 5.91 Å². The minimum Gasteiger partial charge on any atom is -0.491 e. The molecule has 11 heteroatoms. The Labute approximate surface area is 189 Å². The van der Waals surface area contributed by atoms with Gasteiger partial charge in [-0.3, -0.25) is 9.78 Å². The van der Waals surface area contributed by atoms with E-state index in [1.807, 2.05) is 0 Å². The minimum atomic E-state index is -4.80. The summed E-state index contributed by atoms with van der Waals surface area (Å²) in [5, 5.41) is 0. The minimum absolute atomic E-state index is 0.0283. The molecule has 1 aromatic heterocycles. The van der Waals surface area contributed by atoms with Gasteiger partial charge in [-0.2, -0.15) is 13.2 Å². The predicted octanol–water partition coefficient (Wildman–Crippen LogP) is 5.70. The van der Waals surface area contributed by atoms with Crippen molar-refractivity contribution in [2.75, 3.05) is 13.2 Å². The van der Waals surface area contributed by atoms with Crippen molar-refractivity contribution in [2.24, 2.45) is 0 Å². The molecule has 0 saturated heterocycles. The van der Waals surface area contributed by atoms with Crippen LogP contribution in [0, 0.1) is 0 Å². The van der Waals surface area contributed by atoms with Gasteiger partial charge in [-0.05, 0) is 47.0 Å². The van der Waals surface area contributed by atoms with Crippen molar-refractivity contribution < 1.29 is 40.6 Å². The molecule has 3 aromatic rings. The zero-order chi connectivity index (χ0) is 24.5. The Bertz CT molecular complexity index is 1180. The number of alkyl halides is 6. The third-order valence-corrected chi connectivity index (χ3v) is 5.03. The van der Waals surface area contributed by atoms with Crippen molar-refractivity contribution in [3.8, 4) is 22.6 Å². The lowest BCUT2D eigenvalue weighted by Crippen LogP contribution is -2.32. The largest absolute Gasteiger partial charge is 0.573 e. The number of carbonyl (C=O) groups excluding carboxylic acids is 1. The van der Waals surface area contributed by atoms with Gasteiger partial charge in [0.2, 0.25) is 0 Å². The van der Waals surface area contributed by atoms with Crippen LogP contribution in [0.3, 0.4) is 0 Å². The van der Waals surface area contributed by atoms with Crippen LogP contribution in [-0.2, 0) is 12.7 Å². The maximum Gasteiger partial charge on any atom is 0.573 e. The average molecular weight is 482 g/mol. The normalized spacial score (nSPS) is 14.3. The van der Waals surface area contributed by atoms with E-state index in [1.54, 1.807) is 18.2 Å². The number of pyridine rings is 1. The monoisotopic (exact) mass is 482 g/mol. The van der Waals surface area contributed by atoms with Gasteiger partial charge in [0.15, 0.2) is 0 Å². The van der Waals surface area contributed by atoms with E-state index in [2.05, 4.69) is 9.72 Å². The Morgan fingerprint density at radius 3 is 2.26 bits per heavy atom. The molecule has 0 fully saturated rings. The van der Waals surface area contributed by atoms with Gasteiger partial charge in [-0.15, -0.1) is 13.2 Å². The van der Waals surface area contributed by atoms with Gasteiger partial charge in [-0.1, -0.05) is 24.3 Å². The molecule has 0 spiro atoms. The molecule has 0 atom stereocenters. The first-order chi connectivity index (χ1) is 16.0. The first kappa shape index (κ1) is 23.4. The third kappa shape index (κ3) is 5.41. The summed E-state index contributed by atoms with van der Waals surface area (Å²) < 4.78 is 84.8. The quantitative estimate of drug-likeness (QED) is 0.448. The van der Waals surface area contributed by atoms with Crippen molar-refractivity contribution in [1.29, 1.82) is 0 Å². The molecule has 0 radical (unpaired) electrons. The molecule has 0 N–H and O–H groups in total.